The number of hydrogen-bond acceptors (Lipinski definition) is 6. The summed E-state index contributed by atoms with van der Waals surface area (Å²) in [5.41, 5.74) is 11.4. The number of phenolic OH excluding ortho intramolecular Hbond substituents is 1. The van der Waals surface area contributed by atoms with Crippen LogP contribution in [0.2, 0.25) is 10.0 Å². The minimum atomic E-state index is -1.44. The van der Waals surface area contributed by atoms with Crippen LogP contribution in [-0.2, 0) is 9.59 Å². The van der Waals surface area contributed by atoms with Crippen molar-refractivity contribution in [3.05, 3.63) is 57.6 Å². The molecule has 0 radical (unpaired) electrons. The van der Waals surface area contributed by atoms with E-state index in [0.29, 0.717) is 5.69 Å². The third kappa shape index (κ3) is 7.05. The monoisotopic (exact) mass is 466 g/mol. The summed E-state index contributed by atoms with van der Waals surface area (Å²) in [4.78, 5) is 39.5. The molecule has 0 heterocycles. The molecular formula is C19H18Cl2N5O5-. The second kappa shape index (κ2) is 10.5. The zero-order valence-electron chi connectivity index (χ0n) is 15.9. The van der Waals surface area contributed by atoms with Gasteiger partial charge in [0.05, 0.1) is 28.3 Å². The Morgan fingerprint density at radius 3 is 2.35 bits per heavy atom. The quantitative estimate of drug-likeness (QED) is 0.274. The Morgan fingerprint density at radius 2 is 1.77 bits per heavy atom. The predicted molar refractivity (Wildman–Crippen MR) is 113 cm³/mol. The number of nitrogens with two attached hydrogens (primary N) is 2. The van der Waals surface area contributed by atoms with E-state index in [-0.39, 0.29) is 32.9 Å². The van der Waals surface area contributed by atoms with Crippen molar-refractivity contribution in [1.82, 2.24) is 10.6 Å². The Kier molecular flexibility index (Phi) is 8.06. The molecule has 1 atom stereocenters. The molecule has 2 aromatic rings. The van der Waals surface area contributed by atoms with Gasteiger partial charge in [0.15, 0.2) is 11.7 Å². The molecule has 0 aliphatic carbocycles. The fraction of sp³-hybridized carbons (Fsp3) is 0.158. The Balaban J connectivity index is 2.07. The highest BCUT2D eigenvalue weighted by molar-refractivity contribution is 6.37. The van der Waals surface area contributed by atoms with Crippen molar-refractivity contribution >= 4 is 52.6 Å². The highest BCUT2D eigenvalue weighted by Crippen LogP contribution is 2.35. The van der Waals surface area contributed by atoms with E-state index >= 15 is 0 Å². The van der Waals surface area contributed by atoms with Gasteiger partial charge in [-0.25, -0.2) is 4.99 Å². The number of carbonyl (C=O) groups is 3. The van der Waals surface area contributed by atoms with Gasteiger partial charge in [-0.15, -0.1) is 0 Å². The van der Waals surface area contributed by atoms with E-state index in [1.165, 1.54) is 24.3 Å². The summed E-state index contributed by atoms with van der Waals surface area (Å²) in [5, 5.41) is 25.4. The first-order valence-corrected chi connectivity index (χ1v) is 9.47. The van der Waals surface area contributed by atoms with Crippen LogP contribution in [0, 0.1) is 0 Å². The number of carboxylic acid groups (broad SMARTS) is 1. The van der Waals surface area contributed by atoms with Crippen molar-refractivity contribution in [2.45, 2.75) is 12.5 Å². The summed E-state index contributed by atoms with van der Waals surface area (Å²) >= 11 is 11.7. The summed E-state index contributed by atoms with van der Waals surface area (Å²) in [6.07, 6.45) is -0.586. The molecule has 0 aliphatic rings. The topological polar surface area (TPSA) is 183 Å². The highest BCUT2D eigenvalue weighted by Gasteiger charge is 2.19. The molecule has 2 rings (SSSR count). The van der Waals surface area contributed by atoms with E-state index in [4.69, 9.17) is 34.7 Å². The maximum absolute atomic E-state index is 12.3. The normalized spacial score (nSPS) is 11.3. The first kappa shape index (κ1) is 23.8. The van der Waals surface area contributed by atoms with Gasteiger partial charge in [-0.1, -0.05) is 29.3 Å². The van der Waals surface area contributed by atoms with E-state index in [1.807, 2.05) is 0 Å². The van der Waals surface area contributed by atoms with Gasteiger partial charge in [-0.2, -0.15) is 0 Å². The summed E-state index contributed by atoms with van der Waals surface area (Å²) in [6, 6.07) is 7.54. The molecular weight excluding hydrogens is 449 g/mol. The molecule has 0 aromatic heterocycles. The molecule has 2 aromatic carbocycles. The molecule has 0 aliphatic heterocycles. The van der Waals surface area contributed by atoms with E-state index in [0.717, 1.165) is 0 Å². The maximum Gasteiger partial charge on any atom is 0.251 e. The number of benzene rings is 2. The van der Waals surface area contributed by atoms with Crippen molar-refractivity contribution < 1.29 is 24.6 Å². The number of carboxylic acids is 1. The van der Waals surface area contributed by atoms with Crippen molar-refractivity contribution in [2.24, 2.45) is 16.5 Å². The van der Waals surface area contributed by atoms with Crippen LogP contribution in [0.3, 0.4) is 0 Å². The SMILES string of the molecule is NC(N)=Nc1cccc(C(=O)NCC(=O)NC(CC(=O)[O-])c2cc(Cl)c(O)c(Cl)c2)c1. The summed E-state index contributed by atoms with van der Waals surface area (Å²) in [7, 11) is 0. The second-order valence-corrected chi connectivity index (χ2v) is 7.11. The van der Waals surface area contributed by atoms with Crippen LogP contribution in [0.5, 0.6) is 5.75 Å². The van der Waals surface area contributed by atoms with E-state index in [2.05, 4.69) is 15.6 Å². The Bertz CT molecular complexity index is 1020. The molecule has 10 nitrogen and oxygen atoms in total. The molecule has 2 amide bonds. The molecule has 0 saturated carbocycles. The van der Waals surface area contributed by atoms with Gasteiger partial charge in [0.2, 0.25) is 5.91 Å². The molecule has 31 heavy (non-hydrogen) atoms. The molecule has 1 unspecified atom stereocenters. The van der Waals surface area contributed by atoms with Crippen molar-refractivity contribution in [1.29, 1.82) is 0 Å². The van der Waals surface area contributed by atoms with Crippen LogP contribution >= 0.6 is 23.2 Å². The lowest BCUT2D eigenvalue weighted by Crippen LogP contribution is -2.40. The lowest BCUT2D eigenvalue weighted by molar-refractivity contribution is -0.306. The van der Waals surface area contributed by atoms with Gasteiger partial charge in [0.25, 0.3) is 5.91 Å². The third-order valence-corrected chi connectivity index (χ3v) is 4.50. The summed E-state index contributed by atoms with van der Waals surface area (Å²) in [5.74, 6) is -3.24. The predicted octanol–water partition coefficient (Wildman–Crippen LogP) is 0.331. The number of rotatable bonds is 8. The van der Waals surface area contributed by atoms with Gasteiger partial charge >= 0.3 is 0 Å². The number of nitrogens with zero attached hydrogens (tertiary/aromatic N) is 1. The Morgan fingerprint density at radius 1 is 1.13 bits per heavy atom. The molecule has 0 saturated heterocycles. The average molecular weight is 467 g/mol. The fourth-order valence-corrected chi connectivity index (χ4v) is 3.08. The standard InChI is InChI=1S/C19H19Cl2N5O5/c20-12-5-10(6-13(21)17(12)30)14(7-16(28)29)26-15(27)8-24-18(31)9-2-1-3-11(4-9)25-19(22)23/h1-6,14,30H,7-8H2,(H,24,31)(H,26,27)(H,28,29)(H4,22,23,25)/p-1. The number of carbonyl (C=O) groups excluding carboxylic acids is 3. The van der Waals surface area contributed by atoms with Gasteiger partial charge in [0.1, 0.15) is 0 Å². The van der Waals surface area contributed by atoms with E-state index in [9.17, 15) is 24.6 Å². The zero-order chi connectivity index (χ0) is 23.1. The van der Waals surface area contributed by atoms with Crippen LogP contribution in [0.15, 0.2) is 41.4 Å². The largest absolute Gasteiger partial charge is 0.550 e. The lowest BCUT2D eigenvalue weighted by Gasteiger charge is -2.21. The Labute approximate surface area is 186 Å². The average Bonchev–Trinajstić information content (AvgIpc) is 2.68. The minimum absolute atomic E-state index is 0.117. The summed E-state index contributed by atoms with van der Waals surface area (Å²) < 4.78 is 0. The van der Waals surface area contributed by atoms with E-state index in [1.54, 1.807) is 12.1 Å². The van der Waals surface area contributed by atoms with Crippen molar-refractivity contribution in [3.8, 4) is 5.75 Å². The number of hydrogen-bond donors (Lipinski definition) is 5. The fourth-order valence-electron chi connectivity index (χ4n) is 2.58. The van der Waals surface area contributed by atoms with Crippen LogP contribution in [0.25, 0.3) is 0 Å². The van der Waals surface area contributed by atoms with Crippen molar-refractivity contribution in [2.75, 3.05) is 6.54 Å². The number of aliphatic imine (C=N–C) groups is 1. The first-order chi connectivity index (χ1) is 14.6. The highest BCUT2D eigenvalue weighted by atomic mass is 35.5. The second-order valence-electron chi connectivity index (χ2n) is 6.30. The van der Waals surface area contributed by atoms with Crippen LogP contribution in [-0.4, -0.2) is 35.4 Å². The molecule has 164 valence electrons. The third-order valence-electron chi connectivity index (χ3n) is 3.92. The van der Waals surface area contributed by atoms with Gasteiger partial charge < -0.3 is 37.1 Å². The minimum Gasteiger partial charge on any atom is -0.550 e. The Hall–Kier alpha value is -3.50. The molecule has 7 N–H and O–H groups in total. The molecule has 0 bridgehead atoms. The molecule has 0 spiro atoms. The number of aliphatic carboxylic acids is 1. The van der Waals surface area contributed by atoms with Gasteiger partial charge in [-0.05, 0) is 35.9 Å². The number of amides is 2. The van der Waals surface area contributed by atoms with Crippen LogP contribution < -0.4 is 27.2 Å². The number of phenols is 1. The van der Waals surface area contributed by atoms with Gasteiger partial charge in [-0.3, -0.25) is 9.59 Å². The number of halogens is 2. The molecule has 12 heteroatoms. The smallest absolute Gasteiger partial charge is 0.251 e. The maximum atomic E-state index is 12.3. The van der Waals surface area contributed by atoms with E-state index < -0.39 is 36.8 Å². The number of aromatic hydroxyl groups is 1. The number of nitrogens with one attached hydrogen (secondary N) is 2. The lowest BCUT2D eigenvalue weighted by atomic mass is 10.0. The first-order valence-electron chi connectivity index (χ1n) is 8.71. The zero-order valence-corrected chi connectivity index (χ0v) is 17.4. The number of guanidine groups is 1. The molecule has 0 fully saturated rings. The van der Waals surface area contributed by atoms with Gasteiger partial charge in [0, 0.05) is 18.0 Å². The van der Waals surface area contributed by atoms with Crippen LogP contribution in [0.1, 0.15) is 28.4 Å². The van der Waals surface area contributed by atoms with Crippen LogP contribution in [0.4, 0.5) is 5.69 Å². The van der Waals surface area contributed by atoms with Crippen molar-refractivity contribution in [3.63, 3.8) is 0 Å². The summed E-state index contributed by atoms with van der Waals surface area (Å²) in [6.45, 7) is -0.450.